The average Bonchev–Trinajstić information content (AvgIpc) is 2.13. The van der Waals surface area contributed by atoms with Crippen molar-refractivity contribution < 1.29 is 0 Å². The van der Waals surface area contributed by atoms with Gasteiger partial charge in [0.15, 0.2) is 0 Å². The number of aryl methyl sites for hydroxylation is 1. The van der Waals surface area contributed by atoms with Gasteiger partial charge < -0.3 is 5.23 Å². The van der Waals surface area contributed by atoms with E-state index in [1.54, 1.807) is 0 Å². The van der Waals surface area contributed by atoms with E-state index in [-0.39, 0.29) is 0 Å². The zero-order valence-electron chi connectivity index (χ0n) is 8.39. The minimum atomic E-state index is 1.15. The molecule has 1 rings (SSSR count). The van der Waals surface area contributed by atoms with Crippen LogP contribution in [0, 0.1) is 6.92 Å². The van der Waals surface area contributed by atoms with Crippen molar-refractivity contribution in [3.63, 3.8) is 0 Å². The third-order valence-electron chi connectivity index (χ3n) is 1.36. The summed E-state index contributed by atoms with van der Waals surface area (Å²) in [5, 5.41) is 3.11. The van der Waals surface area contributed by atoms with Crippen LogP contribution in [0.25, 0.3) is 0 Å². The first-order valence-corrected chi connectivity index (χ1v) is 4.44. The largest absolute Gasteiger partial charge is 0.432 e. The fraction of sp³-hybridized carbons (Fsp3) is 0.400. The van der Waals surface area contributed by atoms with Crippen LogP contribution in [0.3, 0.4) is 0 Å². The second-order valence-electron chi connectivity index (χ2n) is 2.30. The molecule has 0 aliphatic heterocycles. The minimum Gasteiger partial charge on any atom is -0.432 e. The van der Waals surface area contributed by atoms with E-state index in [4.69, 9.17) is 0 Å². The summed E-state index contributed by atoms with van der Waals surface area (Å²) in [6, 6.07) is 8.31. The molecular weight excluding hydrogens is 145 g/mol. The number of anilines is 1. The molecule has 65 valence electrons. The van der Waals surface area contributed by atoms with Crippen molar-refractivity contribution in [1.29, 1.82) is 0 Å². The highest BCUT2D eigenvalue weighted by molar-refractivity contribution is 6.38. The molecule has 0 unspecified atom stereocenters. The Labute approximate surface area is 76.5 Å². The lowest BCUT2D eigenvalue weighted by Crippen LogP contribution is -1.99. The van der Waals surface area contributed by atoms with Crippen molar-refractivity contribution >= 4 is 13.1 Å². The first-order valence-electron chi connectivity index (χ1n) is 4.44. The zero-order valence-corrected chi connectivity index (χ0v) is 8.39. The maximum absolute atomic E-state index is 3.11. The Kier molecular flexibility index (Phi) is 6.26. The van der Waals surface area contributed by atoms with Gasteiger partial charge in [-0.25, -0.2) is 0 Å². The Morgan fingerprint density at radius 2 is 1.58 bits per heavy atom. The molecule has 1 aromatic carbocycles. The quantitative estimate of drug-likeness (QED) is 0.658. The SMILES string of the molecule is CC.C[B]Nc1ccc(C)cc1. The van der Waals surface area contributed by atoms with Gasteiger partial charge in [0.2, 0.25) is 7.41 Å². The van der Waals surface area contributed by atoms with Crippen LogP contribution in [0.15, 0.2) is 24.3 Å². The summed E-state index contributed by atoms with van der Waals surface area (Å²) in [4.78, 5) is 0. The molecule has 0 aliphatic carbocycles. The van der Waals surface area contributed by atoms with Crippen LogP contribution in [0.2, 0.25) is 6.82 Å². The maximum Gasteiger partial charge on any atom is 0.239 e. The summed E-state index contributed by atoms with van der Waals surface area (Å²) in [6.45, 7) is 8.05. The molecule has 0 fully saturated rings. The lowest BCUT2D eigenvalue weighted by molar-refractivity contribution is 1.47. The van der Waals surface area contributed by atoms with E-state index in [1.165, 1.54) is 5.56 Å². The fourth-order valence-electron chi connectivity index (χ4n) is 0.816. The lowest BCUT2D eigenvalue weighted by Gasteiger charge is -2.00. The van der Waals surface area contributed by atoms with Crippen molar-refractivity contribution in [2.45, 2.75) is 27.6 Å². The fourth-order valence-corrected chi connectivity index (χ4v) is 0.816. The van der Waals surface area contributed by atoms with E-state index in [0.717, 1.165) is 5.69 Å². The smallest absolute Gasteiger partial charge is 0.239 e. The molecule has 12 heavy (non-hydrogen) atoms. The molecule has 1 radical (unpaired) electrons. The molecule has 1 nitrogen and oxygen atoms in total. The van der Waals surface area contributed by atoms with Gasteiger partial charge in [-0.05, 0) is 19.1 Å². The first kappa shape index (κ1) is 11.1. The number of benzene rings is 1. The molecule has 0 saturated heterocycles. The summed E-state index contributed by atoms with van der Waals surface area (Å²) in [5.41, 5.74) is 2.44. The second kappa shape index (κ2) is 6.77. The van der Waals surface area contributed by atoms with E-state index in [1.807, 2.05) is 28.1 Å². The number of nitrogens with one attached hydrogen (secondary N) is 1. The van der Waals surface area contributed by atoms with Gasteiger partial charge in [-0.3, -0.25) is 0 Å². The molecule has 1 aromatic rings. The predicted octanol–water partition coefficient (Wildman–Crippen LogP) is 3.10. The zero-order chi connectivity index (χ0) is 9.40. The Morgan fingerprint density at radius 1 is 1.08 bits per heavy atom. The molecule has 0 spiro atoms. The van der Waals surface area contributed by atoms with Crippen molar-refractivity contribution in [1.82, 2.24) is 0 Å². The van der Waals surface area contributed by atoms with Crippen LogP contribution in [-0.4, -0.2) is 7.41 Å². The van der Waals surface area contributed by atoms with Crippen LogP contribution < -0.4 is 5.23 Å². The van der Waals surface area contributed by atoms with Gasteiger partial charge in [0.05, 0.1) is 0 Å². The lowest BCUT2D eigenvalue weighted by atomic mass is 9.99. The normalized spacial score (nSPS) is 8.00. The summed E-state index contributed by atoms with van der Waals surface area (Å²) < 4.78 is 0. The first-order chi connectivity index (χ1) is 5.83. The number of rotatable bonds is 2. The Balaban J connectivity index is 0.000000561. The highest BCUT2D eigenvalue weighted by Gasteiger charge is 1.86. The van der Waals surface area contributed by atoms with Gasteiger partial charge in [0.1, 0.15) is 0 Å². The number of hydrogen-bond acceptors (Lipinski definition) is 1. The van der Waals surface area contributed by atoms with Crippen LogP contribution in [0.1, 0.15) is 19.4 Å². The second-order valence-corrected chi connectivity index (χ2v) is 2.30. The monoisotopic (exact) mass is 162 g/mol. The molecule has 2 heteroatoms. The van der Waals surface area contributed by atoms with Crippen LogP contribution in [0.4, 0.5) is 5.69 Å². The van der Waals surface area contributed by atoms with E-state index >= 15 is 0 Å². The topological polar surface area (TPSA) is 12.0 Å². The Morgan fingerprint density at radius 3 is 2.00 bits per heavy atom. The molecule has 0 aromatic heterocycles. The maximum atomic E-state index is 3.11. The third-order valence-corrected chi connectivity index (χ3v) is 1.36. The molecule has 0 bridgehead atoms. The van der Waals surface area contributed by atoms with E-state index < -0.39 is 0 Å². The summed E-state index contributed by atoms with van der Waals surface area (Å²) in [6.07, 6.45) is 0. The molecular formula is C10H17BN. The van der Waals surface area contributed by atoms with Gasteiger partial charge in [-0.2, -0.15) is 0 Å². The van der Waals surface area contributed by atoms with E-state index in [2.05, 4.69) is 36.4 Å². The van der Waals surface area contributed by atoms with Gasteiger partial charge in [-0.1, -0.05) is 38.4 Å². The number of hydrogen-bond donors (Lipinski definition) is 1. The van der Waals surface area contributed by atoms with E-state index in [0.29, 0.717) is 0 Å². The molecule has 0 heterocycles. The molecule has 0 saturated carbocycles. The average molecular weight is 162 g/mol. The van der Waals surface area contributed by atoms with Gasteiger partial charge >= 0.3 is 0 Å². The predicted molar refractivity (Wildman–Crippen MR) is 57.8 cm³/mol. The molecule has 1 N–H and O–H groups in total. The Hall–Kier alpha value is -0.915. The molecule has 0 amide bonds. The van der Waals surface area contributed by atoms with E-state index in [9.17, 15) is 0 Å². The highest BCUT2D eigenvalue weighted by atomic mass is 14.7. The van der Waals surface area contributed by atoms with Gasteiger partial charge in [0, 0.05) is 5.69 Å². The standard InChI is InChI=1S/C8H11BN.C2H6/c1-7-3-5-8(6-4-7)10-9-2;1-2/h3-6,10H,1-2H3;1-2H3. The molecule has 0 aliphatic rings. The van der Waals surface area contributed by atoms with Crippen LogP contribution in [0.5, 0.6) is 0 Å². The molecule has 0 atom stereocenters. The van der Waals surface area contributed by atoms with Crippen LogP contribution in [-0.2, 0) is 0 Å². The van der Waals surface area contributed by atoms with Gasteiger partial charge in [-0.15, -0.1) is 0 Å². The Bertz CT molecular complexity index is 193. The van der Waals surface area contributed by atoms with Crippen molar-refractivity contribution in [2.75, 3.05) is 5.23 Å². The third kappa shape index (κ3) is 4.07. The van der Waals surface area contributed by atoms with Crippen LogP contribution >= 0.6 is 0 Å². The van der Waals surface area contributed by atoms with Crippen molar-refractivity contribution in [2.24, 2.45) is 0 Å². The summed E-state index contributed by atoms with van der Waals surface area (Å²) in [5.74, 6) is 0. The minimum absolute atomic E-state index is 1.15. The highest BCUT2D eigenvalue weighted by Crippen LogP contribution is 2.06. The van der Waals surface area contributed by atoms with Crippen molar-refractivity contribution in [3.05, 3.63) is 29.8 Å². The van der Waals surface area contributed by atoms with Crippen molar-refractivity contribution in [3.8, 4) is 0 Å². The summed E-state index contributed by atoms with van der Waals surface area (Å²) >= 11 is 0. The summed E-state index contributed by atoms with van der Waals surface area (Å²) in [7, 11) is 1.92. The van der Waals surface area contributed by atoms with Gasteiger partial charge in [0.25, 0.3) is 0 Å².